The first-order valence-electron chi connectivity index (χ1n) is 6.31. The first kappa shape index (κ1) is 16.8. The van der Waals surface area contributed by atoms with Gasteiger partial charge in [0.1, 0.15) is 10.6 Å². The highest BCUT2D eigenvalue weighted by Crippen LogP contribution is 2.40. The van der Waals surface area contributed by atoms with Crippen LogP contribution in [0.2, 0.25) is 0 Å². The van der Waals surface area contributed by atoms with Crippen LogP contribution in [-0.2, 0) is 9.53 Å². The van der Waals surface area contributed by atoms with Crippen molar-refractivity contribution in [2.75, 3.05) is 12.4 Å². The number of esters is 1. The van der Waals surface area contributed by atoms with Crippen LogP contribution in [0.5, 0.6) is 0 Å². The molecule has 7 heteroatoms. The summed E-state index contributed by atoms with van der Waals surface area (Å²) in [6, 6.07) is 9.41. The molecule has 0 spiro atoms. The zero-order valence-electron chi connectivity index (χ0n) is 11.9. The Hall–Kier alpha value is -1.56. The van der Waals surface area contributed by atoms with Crippen LogP contribution in [0.4, 0.5) is 5.00 Å². The maximum Gasteiger partial charge on any atom is 0.341 e. The summed E-state index contributed by atoms with van der Waals surface area (Å²) in [6.07, 6.45) is 0. The molecule has 2 aromatic rings. The Morgan fingerprint density at radius 2 is 1.86 bits per heavy atom. The third-order valence-electron chi connectivity index (χ3n) is 2.97. The van der Waals surface area contributed by atoms with E-state index in [-0.39, 0.29) is 0 Å². The fourth-order valence-corrected chi connectivity index (χ4v) is 3.22. The molecule has 4 nitrogen and oxygen atoms in total. The summed E-state index contributed by atoms with van der Waals surface area (Å²) in [6.45, 7) is 1.87. The zero-order chi connectivity index (χ0) is 16.3. The van der Waals surface area contributed by atoms with Crippen LogP contribution in [0.25, 0.3) is 11.1 Å². The first-order valence-corrected chi connectivity index (χ1v) is 8.00. The molecule has 0 unspecified atom stereocenters. The van der Waals surface area contributed by atoms with Gasteiger partial charge in [0, 0.05) is 10.4 Å². The van der Waals surface area contributed by atoms with E-state index in [1.165, 1.54) is 18.4 Å². The number of hydrogen-bond acceptors (Lipinski definition) is 4. The Bertz CT molecular complexity index is 698. The number of methoxy groups -OCH3 is 1. The summed E-state index contributed by atoms with van der Waals surface area (Å²) in [7, 11) is 1.29. The number of amides is 1. The highest BCUT2D eigenvalue weighted by Gasteiger charge is 2.26. The smallest absolute Gasteiger partial charge is 0.341 e. The van der Waals surface area contributed by atoms with Crippen molar-refractivity contribution in [1.82, 2.24) is 0 Å². The van der Waals surface area contributed by atoms with Crippen molar-refractivity contribution in [3.8, 4) is 11.1 Å². The highest BCUT2D eigenvalue weighted by molar-refractivity contribution is 7.17. The number of alkyl halides is 2. The first-order chi connectivity index (χ1) is 10.5. The van der Waals surface area contributed by atoms with Gasteiger partial charge < -0.3 is 10.1 Å². The maximum absolute atomic E-state index is 12.2. The zero-order valence-corrected chi connectivity index (χ0v) is 14.2. The van der Waals surface area contributed by atoms with Crippen molar-refractivity contribution in [2.24, 2.45) is 0 Å². The van der Waals surface area contributed by atoms with Gasteiger partial charge in [-0.25, -0.2) is 4.79 Å². The summed E-state index contributed by atoms with van der Waals surface area (Å²) >= 11 is 12.4. The van der Waals surface area contributed by atoms with E-state index >= 15 is 0 Å². The summed E-state index contributed by atoms with van der Waals surface area (Å²) in [4.78, 5) is 23.5. The van der Waals surface area contributed by atoms with Gasteiger partial charge in [0.2, 0.25) is 0 Å². The molecule has 0 aliphatic heterocycles. The molecule has 0 aliphatic rings. The quantitative estimate of drug-likeness (QED) is 0.657. The predicted octanol–water partition coefficient (Wildman–Crippen LogP) is 4.25. The van der Waals surface area contributed by atoms with Crippen molar-refractivity contribution in [3.63, 3.8) is 0 Å². The SMILES string of the molecule is COC(=O)c1c(NC(=O)C(Cl)Cl)sc(C)c1-c1ccccc1. The second-order valence-electron chi connectivity index (χ2n) is 4.38. The van der Waals surface area contributed by atoms with E-state index in [9.17, 15) is 9.59 Å². The molecular formula is C15H13Cl2NO3S. The normalized spacial score (nSPS) is 10.6. The highest BCUT2D eigenvalue weighted by atomic mass is 35.5. The average molecular weight is 358 g/mol. The number of anilines is 1. The number of aryl methyl sites for hydroxylation is 1. The van der Waals surface area contributed by atoms with Gasteiger partial charge in [0.05, 0.1) is 7.11 Å². The van der Waals surface area contributed by atoms with Gasteiger partial charge in [0.15, 0.2) is 4.84 Å². The Kier molecular flexibility index (Phi) is 5.45. The molecular weight excluding hydrogens is 345 g/mol. The second-order valence-corrected chi connectivity index (χ2v) is 6.71. The number of carbonyl (C=O) groups is 2. The molecule has 2 rings (SSSR count). The van der Waals surface area contributed by atoms with E-state index in [0.29, 0.717) is 10.6 Å². The molecule has 22 heavy (non-hydrogen) atoms. The molecule has 1 heterocycles. The van der Waals surface area contributed by atoms with Crippen molar-refractivity contribution < 1.29 is 14.3 Å². The van der Waals surface area contributed by atoms with E-state index in [4.69, 9.17) is 27.9 Å². The van der Waals surface area contributed by atoms with Crippen LogP contribution in [0, 0.1) is 6.92 Å². The Balaban J connectivity index is 2.57. The minimum atomic E-state index is -1.21. The maximum atomic E-state index is 12.2. The molecule has 0 saturated carbocycles. The number of benzene rings is 1. The van der Waals surface area contributed by atoms with Gasteiger partial charge in [0.25, 0.3) is 5.91 Å². The minimum absolute atomic E-state index is 0.304. The molecule has 1 aromatic heterocycles. The van der Waals surface area contributed by atoms with Crippen molar-refractivity contribution in [2.45, 2.75) is 11.8 Å². The third kappa shape index (κ3) is 3.43. The Labute approximate surface area is 142 Å². The van der Waals surface area contributed by atoms with E-state index in [0.717, 1.165) is 16.0 Å². The number of hydrogen-bond donors (Lipinski definition) is 1. The van der Waals surface area contributed by atoms with Crippen LogP contribution in [0.1, 0.15) is 15.2 Å². The van der Waals surface area contributed by atoms with Gasteiger partial charge in [-0.2, -0.15) is 0 Å². The van der Waals surface area contributed by atoms with Crippen LogP contribution < -0.4 is 5.32 Å². The van der Waals surface area contributed by atoms with E-state index in [1.54, 1.807) is 0 Å². The van der Waals surface area contributed by atoms with Crippen LogP contribution in [0.15, 0.2) is 30.3 Å². The number of nitrogens with one attached hydrogen (secondary N) is 1. The molecule has 0 aliphatic carbocycles. The molecule has 0 atom stereocenters. The molecule has 0 radical (unpaired) electrons. The Morgan fingerprint density at radius 3 is 2.41 bits per heavy atom. The van der Waals surface area contributed by atoms with Gasteiger partial charge in [-0.15, -0.1) is 11.3 Å². The van der Waals surface area contributed by atoms with E-state index in [2.05, 4.69) is 5.32 Å². The minimum Gasteiger partial charge on any atom is -0.465 e. The lowest BCUT2D eigenvalue weighted by Crippen LogP contribution is -2.19. The number of halogens is 2. The van der Waals surface area contributed by atoms with Crippen molar-refractivity contribution >= 4 is 51.4 Å². The van der Waals surface area contributed by atoms with Crippen LogP contribution in [0.3, 0.4) is 0 Å². The fraction of sp³-hybridized carbons (Fsp3) is 0.200. The lowest BCUT2D eigenvalue weighted by atomic mass is 10.0. The average Bonchev–Trinajstić information content (AvgIpc) is 2.83. The number of rotatable bonds is 4. The Morgan fingerprint density at radius 1 is 1.23 bits per heavy atom. The molecule has 0 bridgehead atoms. The number of thiophene rings is 1. The lowest BCUT2D eigenvalue weighted by Gasteiger charge is -2.08. The largest absolute Gasteiger partial charge is 0.465 e. The van der Waals surface area contributed by atoms with Gasteiger partial charge in [-0.3, -0.25) is 4.79 Å². The molecule has 116 valence electrons. The van der Waals surface area contributed by atoms with E-state index in [1.807, 2.05) is 37.3 Å². The summed E-state index contributed by atoms with van der Waals surface area (Å²) < 4.78 is 4.84. The molecule has 0 fully saturated rings. The van der Waals surface area contributed by atoms with Gasteiger partial charge >= 0.3 is 5.97 Å². The van der Waals surface area contributed by atoms with Crippen LogP contribution in [-0.4, -0.2) is 23.8 Å². The molecule has 1 aromatic carbocycles. The van der Waals surface area contributed by atoms with Crippen molar-refractivity contribution in [3.05, 3.63) is 40.8 Å². The molecule has 0 saturated heterocycles. The van der Waals surface area contributed by atoms with Gasteiger partial charge in [-0.05, 0) is 12.5 Å². The molecule has 1 N–H and O–H groups in total. The molecule has 1 amide bonds. The lowest BCUT2D eigenvalue weighted by molar-refractivity contribution is -0.114. The van der Waals surface area contributed by atoms with Crippen LogP contribution >= 0.6 is 34.5 Å². The second kappa shape index (κ2) is 7.13. The summed E-state index contributed by atoms with van der Waals surface area (Å²) in [5, 5.41) is 2.95. The topological polar surface area (TPSA) is 55.4 Å². The van der Waals surface area contributed by atoms with E-state index < -0.39 is 16.7 Å². The summed E-state index contributed by atoms with van der Waals surface area (Å²) in [5.41, 5.74) is 1.90. The van der Waals surface area contributed by atoms with Crippen molar-refractivity contribution in [1.29, 1.82) is 0 Å². The predicted molar refractivity (Wildman–Crippen MR) is 90.0 cm³/mol. The monoisotopic (exact) mass is 357 g/mol. The number of ether oxygens (including phenoxy) is 1. The third-order valence-corrected chi connectivity index (χ3v) is 4.39. The standard InChI is InChI=1S/C15H13Cl2NO3S/c1-8-10(9-6-4-3-5-7-9)11(15(20)21-2)14(22-8)18-13(19)12(16)17/h3-7,12H,1-2H3,(H,18,19). The number of carbonyl (C=O) groups excluding carboxylic acids is 2. The fourth-order valence-electron chi connectivity index (χ4n) is 2.05. The van der Waals surface area contributed by atoms with Gasteiger partial charge in [-0.1, -0.05) is 53.5 Å². The summed E-state index contributed by atoms with van der Waals surface area (Å²) in [5.74, 6) is -1.12.